The Bertz CT molecular complexity index is 1500. The number of carbonyl (C=O) groups is 2. The lowest BCUT2D eigenvalue weighted by Crippen LogP contribution is -2.16. The molecule has 1 aromatic heterocycles. The summed E-state index contributed by atoms with van der Waals surface area (Å²) in [5, 5.41) is 14.7. The second-order valence-electron chi connectivity index (χ2n) is 8.38. The number of rotatable bonds is 9. The summed E-state index contributed by atoms with van der Waals surface area (Å²) in [5.74, 6) is -0.628. The molecular formula is C31H26N2O4S. The number of nitriles is 1. The number of nitrogens with one attached hydrogen (secondary N) is 1. The van der Waals surface area contributed by atoms with Crippen LogP contribution in [0.2, 0.25) is 0 Å². The van der Waals surface area contributed by atoms with Gasteiger partial charge in [0.25, 0.3) is 5.91 Å². The smallest absolute Gasteiger partial charge is 0.341 e. The van der Waals surface area contributed by atoms with E-state index in [-0.39, 0.29) is 17.7 Å². The van der Waals surface area contributed by atoms with Crippen LogP contribution in [0.4, 0.5) is 5.00 Å². The molecule has 0 saturated heterocycles. The molecule has 0 aliphatic rings. The number of benzene rings is 3. The van der Waals surface area contributed by atoms with E-state index >= 15 is 0 Å². The lowest BCUT2D eigenvalue weighted by Gasteiger charge is -2.10. The van der Waals surface area contributed by atoms with Crippen molar-refractivity contribution >= 4 is 34.3 Å². The highest BCUT2D eigenvalue weighted by Crippen LogP contribution is 2.36. The first-order valence-electron chi connectivity index (χ1n) is 12.0. The van der Waals surface area contributed by atoms with Crippen LogP contribution in [0.1, 0.15) is 34.0 Å². The van der Waals surface area contributed by atoms with Crippen molar-refractivity contribution in [3.8, 4) is 22.9 Å². The first-order valence-corrected chi connectivity index (χ1v) is 12.9. The average molecular weight is 523 g/mol. The monoisotopic (exact) mass is 522 g/mol. The van der Waals surface area contributed by atoms with E-state index in [2.05, 4.69) is 5.32 Å². The minimum absolute atomic E-state index is 0.124. The van der Waals surface area contributed by atoms with Crippen molar-refractivity contribution in [3.63, 3.8) is 0 Å². The molecule has 0 aliphatic carbocycles. The average Bonchev–Trinajstić information content (AvgIpc) is 3.35. The predicted molar refractivity (Wildman–Crippen MR) is 150 cm³/mol. The maximum Gasteiger partial charge on any atom is 0.341 e. The molecule has 1 N–H and O–H groups in total. The normalized spacial score (nSPS) is 10.9. The van der Waals surface area contributed by atoms with Crippen molar-refractivity contribution < 1.29 is 19.1 Å². The molecule has 0 aliphatic heterocycles. The summed E-state index contributed by atoms with van der Waals surface area (Å²) in [6.07, 6.45) is 1.48. The van der Waals surface area contributed by atoms with Gasteiger partial charge in [-0.05, 0) is 37.1 Å². The third-order valence-corrected chi connectivity index (χ3v) is 6.58. The van der Waals surface area contributed by atoms with Crippen molar-refractivity contribution in [1.29, 1.82) is 5.26 Å². The lowest BCUT2D eigenvalue weighted by atomic mass is 10.0. The summed E-state index contributed by atoms with van der Waals surface area (Å²) in [6, 6.07) is 26.6. The first kappa shape index (κ1) is 26.4. The number of hydrogen-bond donors (Lipinski definition) is 1. The van der Waals surface area contributed by atoms with Crippen molar-refractivity contribution in [2.45, 2.75) is 20.5 Å². The highest BCUT2D eigenvalue weighted by atomic mass is 32.1. The molecule has 0 atom stereocenters. The molecule has 4 aromatic rings. The Morgan fingerprint density at radius 1 is 1.00 bits per heavy atom. The number of carbonyl (C=O) groups excluding carboxylic acids is 2. The molecule has 0 bridgehead atoms. The van der Waals surface area contributed by atoms with E-state index in [9.17, 15) is 14.9 Å². The number of thiophene rings is 1. The Kier molecular flexibility index (Phi) is 8.70. The molecule has 0 spiro atoms. The van der Waals surface area contributed by atoms with Crippen LogP contribution >= 0.6 is 11.3 Å². The zero-order valence-electron chi connectivity index (χ0n) is 21.1. The van der Waals surface area contributed by atoms with E-state index < -0.39 is 11.9 Å². The molecule has 1 heterocycles. The molecule has 7 heteroatoms. The third-order valence-electron chi connectivity index (χ3n) is 5.68. The summed E-state index contributed by atoms with van der Waals surface area (Å²) >= 11 is 1.21. The molecule has 0 saturated carbocycles. The van der Waals surface area contributed by atoms with Crippen LogP contribution in [0, 0.1) is 18.3 Å². The van der Waals surface area contributed by atoms with E-state index in [4.69, 9.17) is 9.47 Å². The fourth-order valence-electron chi connectivity index (χ4n) is 3.74. The van der Waals surface area contributed by atoms with Gasteiger partial charge < -0.3 is 14.8 Å². The van der Waals surface area contributed by atoms with Gasteiger partial charge >= 0.3 is 5.97 Å². The molecule has 190 valence electrons. The first-order chi connectivity index (χ1) is 18.5. The number of hydrogen-bond acceptors (Lipinski definition) is 6. The number of esters is 1. The molecule has 4 rings (SSSR count). The van der Waals surface area contributed by atoms with Crippen molar-refractivity contribution in [2.75, 3.05) is 11.9 Å². The minimum Gasteiger partial charge on any atom is -0.488 e. The van der Waals surface area contributed by atoms with Crippen molar-refractivity contribution in [1.82, 2.24) is 0 Å². The van der Waals surface area contributed by atoms with Crippen LogP contribution in [0.3, 0.4) is 0 Å². The van der Waals surface area contributed by atoms with Crippen molar-refractivity contribution in [3.05, 3.63) is 112 Å². The summed E-state index contributed by atoms with van der Waals surface area (Å²) in [7, 11) is 0. The maximum absolute atomic E-state index is 13.2. The van der Waals surface area contributed by atoms with Gasteiger partial charge in [0.15, 0.2) is 0 Å². The fraction of sp³-hybridized carbons (Fsp3) is 0.129. The standard InChI is InChI=1S/C31H26N2O4S/c1-3-36-31(35)28-26(23-15-13-21(2)14-16-23)20-38-30(28)33-29(34)25(18-32)17-24-11-7-8-12-27(24)37-19-22-9-5-4-6-10-22/h4-17,20H,3,19H2,1-2H3,(H,33,34)/b25-17+. The van der Waals surface area contributed by atoms with Gasteiger partial charge in [0.05, 0.1) is 6.61 Å². The van der Waals surface area contributed by atoms with Gasteiger partial charge in [-0.25, -0.2) is 4.79 Å². The quantitative estimate of drug-likeness (QED) is 0.145. The van der Waals surface area contributed by atoms with Crippen LogP contribution in [0.15, 0.2) is 89.8 Å². The molecule has 0 radical (unpaired) electrons. The zero-order valence-corrected chi connectivity index (χ0v) is 21.9. The Balaban J connectivity index is 1.60. The van der Waals surface area contributed by atoms with E-state index in [1.54, 1.807) is 30.5 Å². The van der Waals surface area contributed by atoms with E-state index in [1.165, 1.54) is 17.4 Å². The number of anilines is 1. The Morgan fingerprint density at radius 3 is 2.42 bits per heavy atom. The predicted octanol–water partition coefficient (Wildman–Crippen LogP) is 7.02. The molecule has 1 amide bonds. The van der Waals surface area contributed by atoms with Gasteiger partial charge in [0, 0.05) is 16.5 Å². The van der Waals surface area contributed by atoms with Gasteiger partial charge in [-0.2, -0.15) is 5.26 Å². The van der Waals surface area contributed by atoms with E-state index in [0.29, 0.717) is 28.5 Å². The number of amides is 1. The van der Waals surface area contributed by atoms with Gasteiger partial charge in [-0.3, -0.25) is 4.79 Å². The lowest BCUT2D eigenvalue weighted by molar-refractivity contribution is -0.112. The van der Waals surface area contributed by atoms with Gasteiger partial charge in [-0.15, -0.1) is 11.3 Å². The minimum atomic E-state index is -0.631. The summed E-state index contributed by atoms with van der Waals surface area (Å²) < 4.78 is 11.2. The Hall–Kier alpha value is -4.67. The van der Waals surface area contributed by atoms with Crippen LogP contribution in [-0.4, -0.2) is 18.5 Å². The molecule has 3 aromatic carbocycles. The molecule has 6 nitrogen and oxygen atoms in total. The fourth-order valence-corrected chi connectivity index (χ4v) is 4.69. The summed E-state index contributed by atoms with van der Waals surface area (Å²) in [4.78, 5) is 26.0. The SMILES string of the molecule is CCOC(=O)c1c(-c2ccc(C)cc2)csc1NC(=O)/C(C#N)=C/c1ccccc1OCc1ccccc1. The molecular weight excluding hydrogens is 496 g/mol. The van der Waals surface area contributed by atoms with Crippen LogP contribution in [-0.2, 0) is 16.1 Å². The van der Waals surface area contributed by atoms with Crippen LogP contribution < -0.4 is 10.1 Å². The second kappa shape index (κ2) is 12.5. The van der Waals surface area contributed by atoms with Gasteiger partial charge in [-0.1, -0.05) is 78.4 Å². The van der Waals surface area contributed by atoms with Crippen LogP contribution in [0.25, 0.3) is 17.2 Å². The Morgan fingerprint density at radius 2 is 1.71 bits per heavy atom. The van der Waals surface area contributed by atoms with E-state index in [0.717, 1.165) is 16.7 Å². The molecule has 38 heavy (non-hydrogen) atoms. The number of nitrogens with zero attached hydrogens (tertiary/aromatic N) is 1. The third kappa shape index (κ3) is 6.36. The van der Waals surface area contributed by atoms with Crippen LogP contribution in [0.5, 0.6) is 5.75 Å². The topological polar surface area (TPSA) is 88.4 Å². The zero-order chi connectivity index (χ0) is 26.9. The Labute approximate surface area is 225 Å². The second-order valence-corrected chi connectivity index (χ2v) is 9.26. The van der Waals surface area contributed by atoms with Gasteiger partial charge in [0.1, 0.15) is 34.6 Å². The largest absolute Gasteiger partial charge is 0.488 e. The number of ether oxygens (including phenoxy) is 2. The van der Waals surface area contributed by atoms with Gasteiger partial charge in [0.2, 0.25) is 0 Å². The molecule has 0 unspecified atom stereocenters. The van der Waals surface area contributed by atoms with Crippen molar-refractivity contribution in [2.24, 2.45) is 0 Å². The highest BCUT2D eigenvalue weighted by Gasteiger charge is 2.24. The summed E-state index contributed by atoms with van der Waals surface area (Å²) in [5.41, 5.74) is 4.30. The summed E-state index contributed by atoms with van der Waals surface area (Å²) in [6.45, 7) is 4.25. The van der Waals surface area contributed by atoms with E-state index in [1.807, 2.05) is 73.7 Å². The number of aryl methyl sites for hydroxylation is 1. The highest BCUT2D eigenvalue weighted by molar-refractivity contribution is 7.15. The maximum atomic E-state index is 13.2. The molecule has 0 fully saturated rings. The number of para-hydroxylation sites is 1.